The molecule has 0 N–H and O–H groups in total. The monoisotopic (exact) mass is 478 g/mol. The van der Waals surface area contributed by atoms with Gasteiger partial charge in [-0.25, -0.2) is 4.39 Å². The number of carbonyl (C=O) groups excluding carboxylic acids is 1. The van der Waals surface area contributed by atoms with Crippen LogP contribution in [0.1, 0.15) is 17.5 Å². The van der Waals surface area contributed by atoms with Gasteiger partial charge < -0.3 is 14.2 Å². The van der Waals surface area contributed by atoms with Gasteiger partial charge in [-0.1, -0.05) is 12.1 Å². The molecule has 0 aliphatic rings. The number of aryl methyl sites for hydroxylation is 1. The summed E-state index contributed by atoms with van der Waals surface area (Å²) in [5.74, 6) is 0.762. The minimum Gasteiger partial charge on any atom is -0.497 e. The number of thiophene rings is 1. The lowest BCUT2D eigenvalue weighted by molar-refractivity contribution is -0.140. The van der Waals surface area contributed by atoms with E-state index in [2.05, 4.69) is 20.7 Å². The van der Waals surface area contributed by atoms with Crippen LogP contribution in [0, 0.1) is 5.82 Å². The van der Waals surface area contributed by atoms with Crippen molar-refractivity contribution in [2.75, 3.05) is 14.2 Å². The highest BCUT2D eigenvalue weighted by Gasteiger charge is 2.16. The predicted molar refractivity (Wildman–Crippen MR) is 115 cm³/mol. The Morgan fingerprint density at radius 1 is 1.14 bits per heavy atom. The molecule has 1 heterocycles. The minimum atomic E-state index is -0.306. The maximum absolute atomic E-state index is 14.3. The molecule has 0 radical (unpaired) electrons. The lowest BCUT2D eigenvalue weighted by Gasteiger charge is -2.09. The third kappa shape index (κ3) is 5.36. The van der Waals surface area contributed by atoms with Crippen LogP contribution in [0.15, 0.2) is 52.3 Å². The molecule has 0 fully saturated rings. The van der Waals surface area contributed by atoms with Crippen molar-refractivity contribution >= 4 is 33.2 Å². The van der Waals surface area contributed by atoms with E-state index in [9.17, 15) is 9.18 Å². The van der Waals surface area contributed by atoms with Gasteiger partial charge in [0.25, 0.3) is 0 Å². The Labute approximate surface area is 181 Å². The summed E-state index contributed by atoms with van der Waals surface area (Å²) in [6.07, 6.45) is 0.913. The fourth-order valence-corrected chi connectivity index (χ4v) is 4.60. The first kappa shape index (κ1) is 21.3. The molecule has 29 heavy (non-hydrogen) atoms. The fraction of sp³-hybridized carbons (Fsp3) is 0.227. The molecule has 7 heteroatoms. The molecule has 0 spiro atoms. The summed E-state index contributed by atoms with van der Waals surface area (Å²) in [5.41, 5.74) is 2.40. The summed E-state index contributed by atoms with van der Waals surface area (Å²) < 4.78 is 30.9. The first-order valence-electron chi connectivity index (χ1n) is 8.90. The Morgan fingerprint density at radius 2 is 1.97 bits per heavy atom. The summed E-state index contributed by atoms with van der Waals surface area (Å²) in [5, 5.41) is 1.94. The van der Waals surface area contributed by atoms with Crippen molar-refractivity contribution in [2.45, 2.75) is 19.4 Å². The summed E-state index contributed by atoms with van der Waals surface area (Å²) in [6, 6.07) is 12.3. The number of esters is 1. The van der Waals surface area contributed by atoms with E-state index in [-0.39, 0.29) is 11.8 Å². The van der Waals surface area contributed by atoms with Crippen molar-refractivity contribution < 1.29 is 23.4 Å². The van der Waals surface area contributed by atoms with Gasteiger partial charge in [-0.2, -0.15) is 0 Å². The first-order chi connectivity index (χ1) is 14.0. The van der Waals surface area contributed by atoms with Gasteiger partial charge in [0.05, 0.1) is 19.1 Å². The molecule has 0 atom stereocenters. The molecule has 3 rings (SSSR count). The predicted octanol–water partition coefficient (Wildman–Crippen LogP) is 6.01. The van der Waals surface area contributed by atoms with Crippen LogP contribution >= 0.6 is 27.3 Å². The number of methoxy groups -OCH3 is 2. The van der Waals surface area contributed by atoms with E-state index in [4.69, 9.17) is 9.47 Å². The molecule has 0 aliphatic heterocycles. The highest BCUT2D eigenvalue weighted by atomic mass is 79.9. The second kappa shape index (κ2) is 9.89. The molecule has 0 saturated carbocycles. The number of hydrogen-bond donors (Lipinski definition) is 0. The van der Waals surface area contributed by atoms with Crippen LogP contribution in [0.5, 0.6) is 11.5 Å². The normalized spacial score (nSPS) is 10.6. The van der Waals surface area contributed by atoms with E-state index in [1.54, 1.807) is 19.2 Å². The molecule has 2 aromatic carbocycles. The second-order valence-electron chi connectivity index (χ2n) is 6.26. The summed E-state index contributed by atoms with van der Waals surface area (Å²) in [4.78, 5) is 12.1. The fourth-order valence-electron chi connectivity index (χ4n) is 2.76. The standard InChI is InChI=1S/C22H20BrFO4S/c1-26-16-7-8-19(24)18(11-16)22-21(23)15(13-29-22)12-28-17-5-3-4-14(10-17)6-9-20(25)27-2/h3-5,7-8,10-11,13H,6,9,12H2,1-2H3. The quantitative estimate of drug-likeness (QED) is 0.372. The van der Waals surface area contributed by atoms with Crippen LogP contribution in [-0.4, -0.2) is 20.2 Å². The van der Waals surface area contributed by atoms with Crippen molar-refractivity contribution in [3.8, 4) is 21.9 Å². The second-order valence-corrected chi connectivity index (χ2v) is 7.93. The van der Waals surface area contributed by atoms with Gasteiger partial charge in [0.2, 0.25) is 0 Å². The van der Waals surface area contributed by atoms with E-state index in [1.807, 2.05) is 29.6 Å². The van der Waals surface area contributed by atoms with E-state index in [1.165, 1.54) is 24.5 Å². The molecular formula is C22H20BrFO4S. The van der Waals surface area contributed by atoms with Crippen molar-refractivity contribution in [1.82, 2.24) is 0 Å². The number of rotatable bonds is 8. The molecule has 0 amide bonds. The van der Waals surface area contributed by atoms with Gasteiger partial charge in [-0.05, 0) is 63.6 Å². The van der Waals surface area contributed by atoms with Crippen molar-refractivity contribution in [1.29, 1.82) is 0 Å². The van der Waals surface area contributed by atoms with Gasteiger partial charge in [0.15, 0.2) is 0 Å². The SMILES string of the molecule is COC(=O)CCc1cccc(OCc2csc(-c3cc(OC)ccc3F)c2Br)c1. The molecule has 3 aromatic rings. The molecule has 0 aliphatic carbocycles. The summed E-state index contributed by atoms with van der Waals surface area (Å²) in [7, 11) is 2.94. The van der Waals surface area contributed by atoms with E-state index in [0.717, 1.165) is 20.5 Å². The van der Waals surface area contributed by atoms with Crippen LogP contribution in [0.4, 0.5) is 4.39 Å². The maximum Gasteiger partial charge on any atom is 0.305 e. The van der Waals surface area contributed by atoms with Crippen LogP contribution in [-0.2, 0) is 22.6 Å². The molecule has 0 unspecified atom stereocenters. The van der Waals surface area contributed by atoms with Gasteiger partial charge in [-0.3, -0.25) is 4.79 Å². The van der Waals surface area contributed by atoms with Crippen LogP contribution in [0.25, 0.3) is 10.4 Å². The molecule has 4 nitrogen and oxygen atoms in total. The number of hydrogen-bond acceptors (Lipinski definition) is 5. The van der Waals surface area contributed by atoms with E-state index < -0.39 is 0 Å². The largest absolute Gasteiger partial charge is 0.497 e. The zero-order valence-electron chi connectivity index (χ0n) is 16.0. The lowest BCUT2D eigenvalue weighted by Crippen LogP contribution is -2.02. The van der Waals surface area contributed by atoms with E-state index >= 15 is 0 Å². The van der Waals surface area contributed by atoms with Gasteiger partial charge in [-0.15, -0.1) is 11.3 Å². The zero-order chi connectivity index (χ0) is 20.8. The maximum atomic E-state index is 14.3. The first-order valence-corrected chi connectivity index (χ1v) is 10.6. The van der Waals surface area contributed by atoms with Crippen LogP contribution in [0.2, 0.25) is 0 Å². The number of halogens is 2. The molecular weight excluding hydrogens is 459 g/mol. The molecule has 0 bridgehead atoms. The van der Waals surface area contributed by atoms with Gasteiger partial charge in [0, 0.05) is 22.0 Å². The highest BCUT2D eigenvalue weighted by molar-refractivity contribution is 9.10. The Hall–Kier alpha value is -2.38. The Bertz CT molecular complexity index is 1000. The number of benzene rings is 2. The third-order valence-corrected chi connectivity index (χ3v) is 6.59. The topological polar surface area (TPSA) is 44.8 Å². The highest BCUT2D eigenvalue weighted by Crippen LogP contribution is 2.40. The number of carbonyl (C=O) groups is 1. The Balaban J connectivity index is 1.71. The Kier molecular flexibility index (Phi) is 7.28. The van der Waals surface area contributed by atoms with Crippen molar-refractivity contribution in [3.63, 3.8) is 0 Å². The number of ether oxygens (including phenoxy) is 3. The summed E-state index contributed by atoms with van der Waals surface area (Å²) >= 11 is 5.02. The smallest absolute Gasteiger partial charge is 0.305 e. The minimum absolute atomic E-state index is 0.240. The van der Waals surface area contributed by atoms with Crippen LogP contribution < -0.4 is 9.47 Å². The Morgan fingerprint density at radius 3 is 2.72 bits per heavy atom. The molecule has 0 saturated heterocycles. The zero-order valence-corrected chi connectivity index (χ0v) is 18.4. The molecule has 1 aromatic heterocycles. The van der Waals surface area contributed by atoms with Crippen LogP contribution in [0.3, 0.4) is 0 Å². The van der Waals surface area contributed by atoms with E-state index in [0.29, 0.717) is 36.5 Å². The van der Waals surface area contributed by atoms with Gasteiger partial charge in [0.1, 0.15) is 23.9 Å². The van der Waals surface area contributed by atoms with Gasteiger partial charge >= 0.3 is 5.97 Å². The summed E-state index contributed by atoms with van der Waals surface area (Å²) in [6.45, 7) is 0.336. The lowest BCUT2D eigenvalue weighted by atomic mass is 10.1. The van der Waals surface area contributed by atoms with Crippen molar-refractivity contribution in [3.05, 3.63) is 69.3 Å². The van der Waals surface area contributed by atoms with Crippen molar-refractivity contribution in [2.24, 2.45) is 0 Å². The average Bonchev–Trinajstić information content (AvgIpc) is 3.11. The molecule has 152 valence electrons. The average molecular weight is 479 g/mol. The third-order valence-electron chi connectivity index (χ3n) is 4.36.